The lowest BCUT2D eigenvalue weighted by molar-refractivity contribution is 0.322. The van der Waals surface area contributed by atoms with Crippen LogP contribution in [0.1, 0.15) is 43.0 Å². The Balaban J connectivity index is 1.25. The van der Waals surface area contributed by atoms with E-state index in [4.69, 9.17) is 16.6 Å². The minimum atomic E-state index is -0.195. The lowest BCUT2D eigenvalue weighted by atomic mass is 9.77. The molecule has 1 saturated carbocycles. The predicted molar refractivity (Wildman–Crippen MR) is 119 cm³/mol. The van der Waals surface area contributed by atoms with E-state index in [-0.39, 0.29) is 5.82 Å². The lowest BCUT2D eigenvalue weighted by Crippen LogP contribution is -2.16. The van der Waals surface area contributed by atoms with Crippen LogP contribution < -0.4 is 0 Å². The van der Waals surface area contributed by atoms with Gasteiger partial charge >= 0.3 is 0 Å². The van der Waals surface area contributed by atoms with Gasteiger partial charge in [0.15, 0.2) is 0 Å². The summed E-state index contributed by atoms with van der Waals surface area (Å²) >= 11 is 5.98. The third-order valence-electron chi connectivity index (χ3n) is 6.28. The zero-order valence-electron chi connectivity index (χ0n) is 16.6. The third kappa shape index (κ3) is 3.97. The molecule has 0 atom stereocenters. The molecule has 0 amide bonds. The van der Waals surface area contributed by atoms with Crippen LogP contribution in [-0.2, 0) is 6.42 Å². The van der Waals surface area contributed by atoms with Gasteiger partial charge in [-0.2, -0.15) is 0 Å². The fraction of sp³-hybridized carbons (Fsp3) is 0.280. The monoisotopic (exact) mass is 419 g/mol. The Morgan fingerprint density at radius 1 is 1.00 bits per heavy atom. The van der Waals surface area contributed by atoms with Gasteiger partial charge in [-0.3, -0.25) is 4.98 Å². The van der Waals surface area contributed by atoms with Crippen LogP contribution in [0.4, 0.5) is 4.39 Å². The van der Waals surface area contributed by atoms with Crippen molar-refractivity contribution >= 4 is 22.5 Å². The van der Waals surface area contributed by atoms with Gasteiger partial charge in [-0.25, -0.2) is 9.37 Å². The zero-order chi connectivity index (χ0) is 20.5. The summed E-state index contributed by atoms with van der Waals surface area (Å²) in [6.45, 7) is 0. The number of benzene rings is 2. The maximum atomic E-state index is 13.8. The molecule has 0 unspecified atom stereocenters. The average molecular weight is 420 g/mol. The largest absolute Gasteiger partial charge is 0.348 e. The maximum absolute atomic E-state index is 13.8. The molecule has 5 heteroatoms. The van der Waals surface area contributed by atoms with Gasteiger partial charge in [0.2, 0.25) is 0 Å². The van der Waals surface area contributed by atoms with Crippen molar-refractivity contribution in [3.8, 4) is 11.3 Å². The Hall–Kier alpha value is -2.72. The van der Waals surface area contributed by atoms with Crippen LogP contribution in [0.5, 0.6) is 0 Å². The third-order valence-corrected chi connectivity index (χ3v) is 6.53. The molecule has 30 heavy (non-hydrogen) atoms. The molecule has 3 nitrogen and oxygen atoms in total. The first-order chi connectivity index (χ1) is 14.7. The summed E-state index contributed by atoms with van der Waals surface area (Å²) in [4.78, 5) is 12.5. The summed E-state index contributed by atoms with van der Waals surface area (Å²) in [6, 6.07) is 14.7. The zero-order valence-corrected chi connectivity index (χ0v) is 17.4. The van der Waals surface area contributed by atoms with Crippen molar-refractivity contribution in [3.05, 3.63) is 83.2 Å². The Kier molecular flexibility index (Phi) is 5.26. The van der Waals surface area contributed by atoms with Crippen LogP contribution in [0.15, 0.2) is 60.9 Å². The summed E-state index contributed by atoms with van der Waals surface area (Å²) in [5, 5.41) is 1.69. The van der Waals surface area contributed by atoms with E-state index >= 15 is 0 Å². The van der Waals surface area contributed by atoms with Crippen molar-refractivity contribution < 1.29 is 4.39 Å². The molecule has 2 heterocycles. The molecule has 1 fully saturated rings. The maximum Gasteiger partial charge on any atom is 0.123 e. The van der Waals surface area contributed by atoms with Gasteiger partial charge < -0.3 is 4.98 Å². The second-order valence-electron chi connectivity index (χ2n) is 8.22. The van der Waals surface area contributed by atoms with Gasteiger partial charge in [0.05, 0.1) is 11.2 Å². The topological polar surface area (TPSA) is 41.6 Å². The Bertz CT molecular complexity index is 1160. The normalized spacial score (nSPS) is 19.3. The molecule has 0 bridgehead atoms. The molecule has 0 spiro atoms. The summed E-state index contributed by atoms with van der Waals surface area (Å²) < 4.78 is 13.8. The molecule has 0 aliphatic heterocycles. The van der Waals surface area contributed by atoms with Crippen molar-refractivity contribution in [1.29, 1.82) is 0 Å². The molecular formula is C25H23ClFN3. The van der Waals surface area contributed by atoms with E-state index in [1.54, 1.807) is 12.1 Å². The number of hydrogen-bond acceptors (Lipinski definition) is 2. The number of hydrogen-bond donors (Lipinski definition) is 1. The van der Waals surface area contributed by atoms with Gasteiger partial charge in [0.1, 0.15) is 11.6 Å². The summed E-state index contributed by atoms with van der Waals surface area (Å²) in [5.74, 6) is 1.93. The molecule has 1 aliphatic rings. The second kappa shape index (κ2) is 8.19. The van der Waals surface area contributed by atoms with Gasteiger partial charge in [0.25, 0.3) is 0 Å². The van der Waals surface area contributed by atoms with Gasteiger partial charge in [-0.1, -0.05) is 23.7 Å². The molecule has 0 saturated heterocycles. The number of pyridine rings is 1. The molecule has 2 aromatic heterocycles. The van der Waals surface area contributed by atoms with Crippen molar-refractivity contribution in [1.82, 2.24) is 15.0 Å². The van der Waals surface area contributed by atoms with Crippen LogP contribution in [-0.4, -0.2) is 15.0 Å². The summed E-state index contributed by atoms with van der Waals surface area (Å²) in [6.07, 6.45) is 9.33. The van der Waals surface area contributed by atoms with Gasteiger partial charge in [-0.05, 0) is 79.5 Å². The van der Waals surface area contributed by atoms with Crippen LogP contribution in [0.2, 0.25) is 5.02 Å². The van der Waals surface area contributed by atoms with Crippen LogP contribution in [0.25, 0.3) is 22.2 Å². The van der Waals surface area contributed by atoms with E-state index in [0.717, 1.165) is 65.1 Å². The molecule has 1 aliphatic carbocycles. The molecule has 0 radical (unpaired) electrons. The smallest absolute Gasteiger partial charge is 0.123 e. The fourth-order valence-corrected chi connectivity index (χ4v) is 4.81. The average Bonchev–Trinajstić information content (AvgIpc) is 3.23. The number of rotatable bonds is 4. The highest BCUT2D eigenvalue weighted by atomic mass is 35.5. The molecule has 152 valence electrons. The van der Waals surface area contributed by atoms with Crippen molar-refractivity contribution in [3.63, 3.8) is 0 Å². The summed E-state index contributed by atoms with van der Waals surface area (Å²) in [5.41, 5.74) is 4.14. The number of aromatic amines is 1. The van der Waals surface area contributed by atoms with E-state index < -0.39 is 0 Å². The van der Waals surface area contributed by atoms with Crippen molar-refractivity contribution in [2.45, 2.75) is 38.0 Å². The van der Waals surface area contributed by atoms with E-state index in [1.807, 2.05) is 36.7 Å². The number of fused-ring (bicyclic) bond motifs is 1. The van der Waals surface area contributed by atoms with E-state index in [1.165, 1.54) is 11.6 Å². The Morgan fingerprint density at radius 3 is 2.60 bits per heavy atom. The fourth-order valence-electron chi connectivity index (χ4n) is 4.68. The number of halogens is 2. The molecule has 5 rings (SSSR count). The quantitative estimate of drug-likeness (QED) is 0.389. The second-order valence-corrected chi connectivity index (χ2v) is 8.66. The first-order valence-electron chi connectivity index (χ1n) is 10.5. The lowest BCUT2D eigenvalue weighted by Gasteiger charge is -2.29. The highest BCUT2D eigenvalue weighted by molar-refractivity contribution is 6.30. The van der Waals surface area contributed by atoms with Gasteiger partial charge in [0, 0.05) is 34.8 Å². The highest BCUT2D eigenvalue weighted by Gasteiger charge is 2.24. The number of imidazole rings is 1. The van der Waals surface area contributed by atoms with E-state index in [9.17, 15) is 4.39 Å². The first kappa shape index (κ1) is 19.3. The van der Waals surface area contributed by atoms with E-state index in [0.29, 0.717) is 11.8 Å². The number of aromatic nitrogens is 3. The highest BCUT2D eigenvalue weighted by Crippen LogP contribution is 2.39. The van der Waals surface area contributed by atoms with Crippen molar-refractivity contribution in [2.75, 3.05) is 0 Å². The van der Waals surface area contributed by atoms with Crippen molar-refractivity contribution in [2.24, 2.45) is 5.92 Å². The molecule has 4 aromatic rings. The van der Waals surface area contributed by atoms with Crippen LogP contribution in [0.3, 0.4) is 0 Å². The van der Waals surface area contributed by atoms with Crippen LogP contribution in [0, 0.1) is 11.7 Å². The number of nitrogens with one attached hydrogen (secondary N) is 1. The van der Waals surface area contributed by atoms with E-state index in [2.05, 4.69) is 16.0 Å². The van der Waals surface area contributed by atoms with Crippen LogP contribution >= 0.6 is 11.6 Å². The Morgan fingerprint density at radius 2 is 1.80 bits per heavy atom. The molecule has 2 aromatic carbocycles. The minimum Gasteiger partial charge on any atom is -0.348 e. The summed E-state index contributed by atoms with van der Waals surface area (Å²) in [7, 11) is 0. The number of H-pyrrole nitrogens is 1. The molecular weight excluding hydrogens is 397 g/mol. The SMILES string of the molecule is Fc1ccc2nccc([C@H]3CC[C@H](Cc4nc(-c5ccc(Cl)cc5)c[nH]4)CC3)c2c1. The first-order valence-corrected chi connectivity index (χ1v) is 10.9. The predicted octanol–water partition coefficient (Wildman–Crippen LogP) is 6.93. The van der Waals surface area contributed by atoms with Gasteiger partial charge in [-0.15, -0.1) is 0 Å². The standard InChI is InChI=1S/C25H23ClFN3/c26-19-7-5-18(6-8-19)24-15-29-25(30-24)13-16-1-3-17(4-2-16)21-11-12-28-23-10-9-20(27)14-22(21)23/h5-12,14-17H,1-4,13H2,(H,29,30)/t16-,17-. The number of nitrogens with zero attached hydrogens (tertiary/aromatic N) is 2. The minimum absolute atomic E-state index is 0.195. The molecule has 1 N–H and O–H groups in total. The Labute approximate surface area is 180 Å².